The Labute approximate surface area is 188 Å². The summed E-state index contributed by atoms with van der Waals surface area (Å²) in [5.41, 5.74) is 3.34. The number of nitrogens with zero attached hydrogens (tertiary/aromatic N) is 5. The molecular formula is C24H22FN5OS. The predicted molar refractivity (Wildman–Crippen MR) is 123 cm³/mol. The molecule has 2 saturated heterocycles. The number of aromatic nitrogens is 3. The van der Waals surface area contributed by atoms with Crippen LogP contribution in [0.25, 0.3) is 15.9 Å². The van der Waals surface area contributed by atoms with Crippen molar-refractivity contribution < 1.29 is 9.18 Å². The molecule has 0 bridgehead atoms. The maximum absolute atomic E-state index is 13.6. The molecule has 2 atom stereocenters. The van der Waals surface area contributed by atoms with Gasteiger partial charge in [-0.1, -0.05) is 23.0 Å². The normalized spacial score (nSPS) is 20.3. The topological polar surface area (TPSA) is 54.3 Å². The van der Waals surface area contributed by atoms with Gasteiger partial charge in [-0.2, -0.15) is 5.10 Å². The van der Waals surface area contributed by atoms with E-state index in [9.17, 15) is 9.18 Å². The molecule has 1 amide bonds. The average molecular weight is 448 g/mol. The Balaban J connectivity index is 1.26. The maximum Gasteiger partial charge on any atom is 0.256 e. The van der Waals surface area contributed by atoms with E-state index in [2.05, 4.69) is 10.00 Å². The number of piperidine rings is 1. The molecule has 0 spiro atoms. The van der Waals surface area contributed by atoms with Crippen LogP contribution in [0.15, 0.2) is 54.9 Å². The van der Waals surface area contributed by atoms with Crippen LogP contribution in [0.5, 0.6) is 0 Å². The number of benzene rings is 2. The molecule has 2 aliphatic heterocycles. The molecule has 2 fully saturated rings. The van der Waals surface area contributed by atoms with Crippen molar-refractivity contribution in [2.24, 2.45) is 5.92 Å². The van der Waals surface area contributed by atoms with Gasteiger partial charge in [0.2, 0.25) is 0 Å². The lowest BCUT2D eigenvalue weighted by atomic mass is 9.82. The van der Waals surface area contributed by atoms with Crippen LogP contribution < -0.4 is 4.90 Å². The molecule has 6 nitrogen and oxygen atoms in total. The Morgan fingerprint density at radius 3 is 2.94 bits per heavy atom. The highest BCUT2D eigenvalue weighted by Crippen LogP contribution is 2.40. The summed E-state index contributed by atoms with van der Waals surface area (Å²) in [5.74, 6) is 0.358. The van der Waals surface area contributed by atoms with Crippen LogP contribution in [0.1, 0.15) is 22.3 Å². The molecule has 0 unspecified atom stereocenters. The quantitative estimate of drug-likeness (QED) is 0.470. The monoisotopic (exact) mass is 447 g/mol. The highest BCUT2D eigenvalue weighted by Gasteiger charge is 2.45. The van der Waals surface area contributed by atoms with E-state index in [1.807, 2.05) is 42.3 Å². The number of fused-ring (bicyclic) bond motifs is 2. The third-order valence-electron chi connectivity index (χ3n) is 6.56. The Morgan fingerprint density at radius 1 is 1.19 bits per heavy atom. The maximum atomic E-state index is 13.6. The number of rotatable bonds is 3. The van der Waals surface area contributed by atoms with Crippen LogP contribution >= 0.6 is 11.3 Å². The van der Waals surface area contributed by atoms with Gasteiger partial charge < -0.3 is 9.80 Å². The number of hydrogen-bond donors (Lipinski definition) is 0. The summed E-state index contributed by atoms with van der Waals surface area (Å²) in [7, 11) is 0. The lowest BCUT2D eigenvalue weighted by Gasteiger charge is -2.53. The number of likely N-dealkylation sites (tertiary alicyclic amines) is 1. The molecular weight excluding hydrogens is 425 g/mol. The SMILES string of the molecule is Cc1ccc(-n2cccn2)c(C(=O)N2CC[C@H]3CN(c4nc5ccc(F)cc5s4)[C@H]3C2)c1. The molecule has 0 radical (unpaired) electrons. The number of aryl methyl sites for hydroxylation is 1. The van der Waals surface area contributed by atoms with Crippen molar-refractivity contribution in [3.63, 3.8) is 0 Å². The molecule has 6 rings (SSSR count). The predicted octanol–water partition coefficient (Wildman–Crippen LogP) is 4.28. The molecule has 0 N–H and O–H groups in total. The second kappa shape index (κ2) is 7.41. The zero-order valence-electron chi connectivity index (χ0n) is 17.6. The Morgan fingerprint density at radius 2 is 2.09 bits per heavy atom. The van der Waals surface area contributed by atoms with Gasteiger partial charge in [0.15, 0.2) is 5.13 Å². The summed E-state index contributed by atoms with van der Waals surface area (Å²) in [6.45, 7) is 4.36. The fourth-order valence-electron chi connectivity index (χ4n) is 4.81. The van der Waals surface area contributed by atoms with Crippen molar-refractivity contribution >= 4 is 32.6 Å². The molecule has 32 heavy (non-hydrogen) atoms. The summed E-state index contributed by atoms with van der Waals surface area (Å²) >= 11 is 1.52. The van der Waals surface area contributed by atoms with Crippen LogP contribution in [-0.2, 0) is 0 Å². The highest BCUT2D eigenvalue weighted by atomic mass is 32.1. The van der Waals surface area contributed by atoms with E-state index in [-0.39, 0.29) is 17.8 Å². The van der Waals surface area contributed by atoms with Gasteiger partial charge in [-0.3, -0.25) is 4.79 Å². The first-order valence-corrected chi connectivity index (χ1v) is 11.6. The van der Waals surface area contributed by atoms with Crippen molar-refractivity contribution in [3.05, 3.63) is 71.8 Å². The zero-order valence-corrected chi connectivity index (χ0v) is 18.4. The van der Waals surface area contributed by atoms with Crippen molar-refractivity contribution in [2.45, 2.75) is 19.4 Å². The first-order valence-electron chi connectivity index (χ1n) is 10.8. The second-order valence-electron chi connectivity index (χ2n) is 8.60. The molecule has 0 aliphatic carbocycles. The van der Waals surface area contributed by atoms with Gasteiger partial charge >= 0.3 is 0 Å². The average Bonchev–Trinajstić information content (AvgIpc) is 3.44. The number of halogens is 1. The summed E-state index contributed by atoms with van der Waals surface area (Å²) in [5, 5.41) is 5.24. The first kappa shape index (κ1) is 19.4. The minimum Gasteiger partial charge on any atom is -0.343 e. The fraction of sp³-hybridized carbons (Fsp3) is 0.292. The van der Waals surface area contributed by atoms with E-state index >= 15 is 0 Å². The van der Waals surface area contributed by atoms with Gasteiger partial charge in [0.25, 0.3) is 5.91 Å². The number of anilines is 1. The van der Waals surface area contributed by atoms with E-state index in [1.165, 1.54) is 17.4 Å². The summed E-state index contributed by atoms with van der Waals surface area (Å²) in [4.78, 5) is 22.5. The Bertz CT molecular complexity index is 1320. The van der Waals surface area contributed by atoms with Crippen molar-refractivity contribution in [1.82, 2.24) is 19.7 Å². The van der Waals surface area contributed by atoms with E-state index < -0.39 is 0 Å². The number of carbonyl (C=O) groups excluding carboxylic acids is 1. The molecule has 162 valence electrons. The lowest BCUT2D eigenvalue weighted by Crippen LogP contribution is -2.65. The van der Waals surface area contributed by atoms with E-state index in [0.717, 1.165) is 46.1 Å². The molecule has 2 aromatic carbocycles. The van der Waals surface area contributed by atoms with E-state index in [0.29, 0.717) is 18.0 Å². The minimum atomic E-state index is -0.241. The fourth-order valence-corrected chi connectivity index (χ4v) is 5.87. The van der Waals surface area contributed by atoms with Gasteiger partial charge in [0.05, 0.1) is 27.5 Å². The summed E-state index contributed by atoms with van der Waals surface area (Å²) in [6.07, 6.45) is 4.56. The van der Waals surface area contributed by atoms with Gasteiger partial charge in [-0.25, -0.2) is 14.1 Å². The van der Waals surface area contributed by atoms with Gasteiger partial charge in [-0.05, 0) is 49.7 Å². The van der Waals surface area contributed by atoms with Gasteiger partial charge in [0.1, 0.15) is 5.82 Å². The molecule has 4 heterocycles. The third-order valence-corrected chi connectivity index (χ3v) is 7.61. The van der Waals surface area contributed by atoms with Crippen LogP contribution in [0.2, 0.25) is 0 Å². The smallest absolute Gasteiger partial charge is 0.256 e. The Hall–Kier alpha value is -3.26. The molecule has 8 heteroatoms. The number of thiazole rings is 1. The standard InChI is InChI=1S/C24H22FN5OS/c1-15-3-6-20(30-9-2-8-26-30)18(11-15)23(31)28-10-7-16-13-29(21(16)14-28)24-27-19-5-4-17(25)12-22(19)32-24/h2-6,8-9,11-12,16,21H,7,10,13-14H2,1H3/t16-,21-/m0/s1. The van der Waals surface area contributed by atoms with Crippen molar-refractivity contribution in [1.29, 1.82) is 0 Å². The van der Waals surface area contributed by atoms with Crippen LogP contribution in [0.4, 0.5) is 9.52 Å². The number of amides is 1. The highest BCUT2D eigenvalue weighted by molar-refractivity contribution is 7.22. The zero-order chi connectivity index (χ0) is 21.8. The summed E-state index contributed by atoms with van der Waals surface area (Å²) in [6, 6.07) is 12.7. The first-order chi connectivity index (χ1) is 15.6. The van der Waals surface area contributed by atoms with Crippen LogP contribution in [-0.4, -0.2) is 51.2 Å². The lowest BCUT2D eigenvalue weighted by molar-refractivity contribution is 0.0592. The van der Waals surface area contributed by atoms with E-state index in [4.69, 9.17) is 4.98 Å². The minimum absolute atomic E-state index is 0.0378. The number of hydrogen-bond acceptors (Lipinski definition) is 5. The Kier molecular flexibility index (Phi) is 4.50. The molecule has 4 aromatic rings. The molecule has 2 aliphatic rings. The van der Waals surface area contributed by atoms with E-state index in [1.54, 1.807) is 23.0 Å². The van der Waals surface area contributed by atoms with Crippen molar-refractivity contribution in [2.75, 3.05) is 24.5 Å². The van der Waals surface area contributed by atoms with Gasteiger partial charge in [-0.15, -0.1) is 0 Å². The second-order valence-corrected chi connectivity index (χ2v) is 9.61. The van der Waals surface area contributed by atoms with Gasteiger partial charge in [0, 0.05) is 37.9 Å². The van der Waals surface area contributed by atoms with Crippen LogP contribution in [0, 0.1) is 18.7 Å². The largest absolute Gasteiger partial charge is 0.343 e. The molecule has 2 aromatic heterocycles. The molecule has 0 saturated carbocycles. The third kappa shape index (κ3) is 3.17. The number of carbonyl (C=O) groups is 1. The summed E-state index contributed by atoms with van der Waals surface area (Å²) < 4.78 is 16.2. The van der Waals surface area contributed by atoms with Crippen molar-refractivity contribution in [3.8, 4) is 5.69 Å². The van der Waals surface area contributed by atoms with Crippen LogP contribution in [0.3, 0.4) is 0 Å².